The van der Waals surface area contributed by atoms with E-state index in [2.05, 4.69) is 0 Å². The van der Waals surface area contributed by atoms with Gasteiger partial charge in [0.2, 0.25) is 5.91 Å². The first-order chi connectivity index (χ1) is 16.1. The highest BCUT2D eigenvalue weighted by molar-refractivity contribution is 5.92. The fourth-order valence-electron chi connectivity index (χ4n) is 5.90. The van der Waals surface area contributed by atoms with E-state index in [1.54, 1.807) is 21.3 Å². The molecule has 3 aliphatic rings. The Balaban J connectivity index is 1.59. The van der Waals surface area contributed by atoms with E-state index in [0.717, 1.165) is 41.7 Å². The summed E-state index contributed by atoms with van der Waals surface area (Å²) in [5.41, 5.74) is 2.90. The molecule has 3 heterocycles. The normalized spacial score (nSPS) is 24.6. The highest BCUT2D eigenvalue weighted by Gasteiger charge is 2.54. The molecule has 4 unspecified atom stereocenters. The van der Waals surface area contributed by atoms with Crippen molar-refractivity contribution in [3.8, 4) is 11.5 Å². The topological polar surface area (TPSA) is 68.3 Å². The molecule has 7 nitrogen and oxygen atoms in total. The molecule has 3 aliphatic heterocycles. The second-order valence-electron chi connectivity index (χ2n) is 8.91. The van der Waals surface area contributed by atoms with Gasteiger partial charge in [-0.2, -0.15) is 0 Å². The average Bonchev–Trinajstić information content (AvgIpc) is 2.86. The number of rotatable bonds is 5. The van der Waals surface area contributed by atoms with E-state index in [1.165, 1.54) is 0 Å². The van der Waals surface area contributed by atoms with E-state index in [-0.39, 0.29) is 23.9 Å². The average molecular weight is 451 g/mol. The van der Waals surface area contributed by atoms with Crippen LogP contribution in [0, 0.1) is 0 Å². The monoisotopic (exact) mass is 450 g/mol. The van der Waals surface area contributed by atoms with Crippen LogP contribution in [-0.4, -0.2) is 61.6 Å². The van der Waals surface area contributed by atoms with Gasteiger partial charge in [-0.25, -0.2) is 0 Å². The van der Waals surface area contributed by atoms with Gasteiger partial charge >= 0.3 is 0 Å². The maximum atomic E-state index is 13.9. The Bertz CT molecular complexity index is 1040. The van der Waals surface area contributed by atoms with E-state index in [1.807, 2.05) is 52.3 Å². The van der Waals surface area contributed by atoms with Crippen molar-refractivity contribution in [2.45, 2.75) is 49.9 Å². The minimum Gasteiger partial charge on any atom is -0.497 e. The summed E-state index contributed by atoms with van der Waals surface area (Å²) in [6, 6.07) is 12.6. The van der Waals surface area contributed by atoms with Crippen LogP contribution in [0.1, 0.15) is 48.1 Å². The molecule has 7 heteroatoms. The number of benzene rings is 2. The molecule has 174 valence electrons. The Morgan fingerprint density at radius 2 is 1.85 bits per heavy atom. The molecule has 2 fully saturated rings. The molecule has 0 spiro atoms. The van der Waals surface area contributed by atoms with Crippen molar-refractivity contribution in [3.63, 3.8) is 0 Å². The van der Waals surface area contributed by atoms with Crippen molar-refractivity contribution < 1.29 is 23.8 Å². The van der Waals surface area contributed by atoms with Crippen molar-refractivity contribution in [2.75, 3.05) is 27.9 Å². The van der Waals surface area contributed by atoms with Gasteiger partial charge in [0.15, 0.2) is 6.10 Å². The number of hydrogen-bond donors (Lipinski definition) is 0. The Labute approximate surface area is 194 Å². The standard InChI is InChI=1S/C26H30N2O5/c1-31-18-14-17-12-13-27-23(22(17)21(15-18)32-2)19-10-7-11-20(25(27)29)28(19)26(30)24(33-3)16-8-5-4-6-9-16/h4-6,8-9,14-15,19-20,23-24H,7,10-13H2,1-3H3. The third-order valence-corrected chi connectivity index (χ3v) is 7.33. The summed E-state index contributed by atoms with van der Waals surface area (Å²) < 4.78 is 16.9. The maximum Gasteiger partial charge on any atom is 0.257 e. The van der Waals surface area contributed by atoms with Crippen molar-refractivity contribution in [2.24, 2.45) is 0 Å². The molecule has 33 heavy (non-hydrogen) atoms. The molecule has 2 bridgehead atoms. The third-order valence-electron chi connectivity index (χ3n) is 7.33. The molecular formula is C26H30N2O5. The Morgan fingerprint density at radius 3 is 2.55 bits per heavy atom. The number of ether oxygens (including phenoxy) is 3. The van der Waals surface area contributed by atoms with E-state index >= 15 is 0 Å². The SMILES string of the molecule is COc1cc2c(c(OC)c1)C1C3CCCC(C(=O)N1CC2)N3C(=O)C(OC)c1ccccc1. The second kappa shape index (κ2) is 8.71. The van der Waals surface area contributed by atoms with Crippen LogP contribution in [0.3, 0.4) is 0 Å². The van der Waals surface area contributed by atoms with E-state index in [4.69, 9.17) is 14.2 Å². The molecule has 2 amide bonds. The van der Waals surface area contributed by atoms with Crippen LogP contribution in [-0.2, 0) is 20.7 Å². The second-order valence-corrected chi connectivity index (χ2v) is 8.91. The molecule has 5 rings (SSSR count). The van der Waals surface area contributed by atoms with Gasteiger partial charge in [0.1, 0.15) is 17.5 Å². The molecule has 4 atom stereocenters. The molecule has 2 saturated heterocycles. The van der Waals surface area contributed by atoms with Gasteiger partial charge < -0.3 is 24.0 Å². The van der Waals surface area contributed by atoms with Gasteiger partial charge in [0, 0.05) is 25.3 Å². The summed E-state index contributed by atoms with van der Waals surface area (Å²) in [5, 5.41) is 0. The van der Waals surface area contributed by atoms with Crippen LogP contribution in [0.2, 0.25) is 0 Å². The summed E-state index contributed by atoms with van der Waals surface area (Å²) in [6.07, 6.45) is 2.42. The highest BCUT2D eigenvalue weighted by atomic mass is 16.5. The predicted octanol–water partition coefficient (Wildman–Crippen LogP) is 3.28. The zero-order valence-electron chi connectivity index (χ0n) is 19.3. The van der Waals surface area contributed by atoms with Gasteiger partial charge in [-0.3, -0.25) is 9.59 Å². The zero-order chi connectivity index (χ0) is 23.1. The number of carbonyl (C=O) groups is 2. The van der Waals surface area contributed by atoms with Crippen molar-refractivity contribution in [1.82, 2.24) is 9.80 Å². The molecule has 0 radical (unpaired) electrons. The van der Waals surface area contributed by atoms with Crippen molar-refractivity contribution >= 4 is 11.8 Å². The lowest BCUT2D eigenvalue weighted by atomic mass is 9.77. The van der Waals surface area contributed by atoms with Crippen LogP contribution >= 0.6 is 0 Å². The molecule has 0 aliphatic carbocycles. The number of fused-ring (bicyclic) bond motifs is 6. The summed E-state index contributed by atoms with van der Waals surface area (Å²) in [5.74, 6) is 1.32. The van der Waals surface area contributed by atoms with Gasteiger partial charge in [0.05, 0.1) is 26.3 Å². The highest BCUT2D eigenvalue weighted by Crippen LogP contribution is 2.49. The van der Waals surface area contributed by atoms with Crippen molar-refractivity contribution in [1.29, 1.82) is 0 Å². The van der Waals surface area contributed by atoms with Crippen molar-refractivity contribution in [3.05, 3.63) is 59.2 Å². The number of amides is 2. The first-order valence-electron chi connectivity index (χ1n) is 11.5. The lowest BCUT2D eigenvalue weighted by Gasteiger charge is -2.56. The Hall–Kier alpha value is -3.06. The molecular weight excluding hydrogens is 420 g/mol. The Morgan fingerprint density at radius 1 is 1.06 bits per heavy atom. The van der Waals surface area contributed by atoms with Gasteiger partial charge in [0.25, 0.3) is 5.91 Å². The summed E-state index contributed by atoms with van der Waals surface area (Å²) in [7, 11) is 4.83. The minimum atomic E-state index is -0.741. The maximum absolute atomic E-state index is 13.9. The fourth-order valence-corrected chi connectivity index (χ4v) is 5.90. The quantitative estimate of drug-likeness (QED) is 0.699. The number of methoxy groups -OCH3 is 3. The van der Waals surface area contributed by atoms with Gasteiger partial charge in [-0.05, 0) is 42.9 Å². The molecule has 0 N–H and O–H groups in total. The van der Waals surface area contributed by atoms with Crippen LogP contribution in [0.25, 0.3) is 0 Å². The number of piperazine rings is 1. The minimum absolute atomic E-state index is 0.0238. The van der Waals surface area contributed by atoms with Crippen LogP contribution in [0.4, 0.5) is 0 Å². The van der Waals surface area contributed by atoms with Crippen LogP contribution in [0.15, 0.2) is 42.5 Å². The lowest BCUT2D eigenvalue weighted by Crippen LogP contribution is -2.67. The fraction of sp³-hybridized carbons (Fsp3) is 0.462. The number of hydrogen-bond acceptors (Lipinski definition) is 5. The van der Waals surface area contributed by atoms with E-state index < -0.39 is 12.1 Å². The summed E-state index contributed by atoms with van der Waals surface area (Å²) in [6.45, 7) is 0.633. The number of carbonyl (C=O) groups excluding carboxylic acids is 2. The smallest absolute Gasteiger partial charge is 0.257 e. The number of nitrogens with zero attached hydrogens (tertiary/aromatic N) is 2. The van der Waals surface area contributed by atoms with Crippen LogP contribution < -0.4 is 9.47 Å². The largest absolute Gasteiger partial charge is 0.497 e. The van der Waals surface area contributed by atoms with Gasteiger partial charge in [-0.15, -0.1) is 0 Å². The molecule has 2 aromatic carbocycles. The first-order valence-corrected chi connectivity index (χ1v) is 11.5. The third kappa shape index (κ3) is 3.46. The van der Waals surface area contributed by atoms with Crippen LogP contribution in [0.5, 0.6) is 11.5 Å². The van der Waals surface area contributed by atoms with Gasteiger partial charge in [-0.1, -0.05) is 30.3 Å². The summed E-state index contributed by atoms with van der Waals surface area (Å²) in [4.78, 5) is 31.4. The molecule has 0 aromatic heterocycles. The lowest BCUT2D eigenvalue weighted by molar-refractivity contribution is -0.172. The summed E-state index contributed by atoms with van der Waals surface area (Å²) >= 11 is 0. The first kappa shape index (κ1) is 21.8. The molecule has 2 aromatic rings. The zero-order valence-corrected chi connectivity index (χ0v) is 19.3. The molecule has 0 saturated carbocycles. The van der Waals surface area contributed by atoms with E-state index in [0.29, 0.717) is 18.7 Å². The number of piperidine rings is 1. The Kier molecular flexibility index (Phi) is 5.74. The predicted molar refractivity (Wildman–Crippen MR) is 122 cm³/mol. The van der Waals surface area contributed by atoms with E-state index in [9.17, 15) is 9.59 Å².